The summed E-state index contributed by atoms with van der Waals surface area (Å²) in [4.78, 5) is 32.5. The van der Waals surface area contributed by atoms with E-state index in [1.807, 2.05) is 30.5 Å². The Bertz CT molecular complexity index is 850. The van der Waals surface area contributed by atoms with Crippen LogP contribution in [0.15, 0.2) is 53.6 Å². The summed E-state index contributed by atoms with van der Waals surface area (Å²) in [6.07, 6.45) is 7.60. The molecule has 152 valence electrons. The SMILES string of the molecule is C=C/C=C(\C=NC)C(C=O)N(C(=O)C1CN(C#N)C1)c1ccc(C(C)(C)C)cc1. The summed E-state index contributed by atoms with van der Waals surface area (Å²) in [5.74, 6) is -0.514. The Morgan fingerprint density at radius 1 is 1.34 bits per heavy atom. The van der Waals surface area contributed by atoms with Gasteiger partial charge in [-0.2, -0.15) is 5.26 Å². The van der Waals surface area contributed by atoms with Gasteiger partial charge in [0.15, 0.2) is 6.19 Å². The Hall–Kier alpha value is -3.20. The highest BCUT2D eigenvalue weighted by molar-refractivity contribution is 6.03. The van der Waals surface area contributed by atoms with E-state index in [2.05, 4.69) is 32.3 Å². The highest BCUT2D eigenvalue weighted by atomic mass is 16.2. The monoisotopic (exact) mass is 392 g/mol. The number of allylic oxidation sites excluding steroid dienone is 2. The van der Waals surface area contributed by atoms with E-state index < -0.39 is 6.04 Å². The molecule has 6 heteroatoms. The van der Waals surface area contributed by atoms with E-state index in [1.165, 1.54) is 9.80 Å². The van der Waals surface area contributed by atoms with Crippen molar-refractivity contribution in [1.29, 1.82) is 5.26 Å². The van der Waals surface area contributed by atoms with Gasteiger partial charge in [-0.15, -0.1) is 0 Å². The summed E-state index contributed by atoms with van der Waals surface area (Å²) in [7, 11) is 1.61. The molecule has 1 saturated heterocycles. The second-order valence-electron chi connectivity index (χ2n) is 8.08. The Labute approximate surface area is 172 Å². The molecule has 0 bridgehead atoms. The molecule has 1 aromatic rings. The van der Waals surface area contributed by atoms with Crippen LogP contribution in [0, 0.1) is 17.4 Å². The topological polar surface area (TPSA) is 76.8 Å². The second kappa shape index (κ2) is 9.33. The lowest BCUT2D eigenvalue weighted by Crippen LogP contribution is -2.55. The van der Waals surface area contributed by atoms with Gasteiger partial charge in [0.05, 0.1) is 5.92 Å². The van der Waals surface area contributed by atoms with Crippen molar-refractivity contribution < 1.29 is 9.59 Å². The highest BCUT2D eigenvalue weighted by Crippen LogP contribution is 2.29. The van der Waals surface area contributed by atoms with Crippen molar-refractivity contribution in [1.82, 2.24) is 4.90 Å². The number of benzene rings is 1. The van der Waals surface area contributed by atoms with Crippen LogP contribution in [0.4, 0.5) is 5.69 Å². The van der Waals surface area contributed by atoms with Crippen LogP contribution in [0.3, 0.4) is 0 Å². The number of aldehydes is 1. The molecule has 1 fully saturated rings. The van der Waals surface area contributed by atoms with Crippen LogP contribution in [-0.2, 0) is 15.0 Å². The Morgan fingerprint density at radius 2 is 1.97 bits per heavy atom. The normalized spacial score (nSPS) is 16.1. The Morgan fingerprint density at radius 3 is 2.41 bits per heavy atom. The number of hydrogen-bond donors (Lipinski definition) is 0. The van der Waals surface area contributed by atoms with Crippen LogP contribution in [-0.4, -0.2) is 49.5 Å². The van der Waals surface area contributed by atoms with Gasteiger partial charge in [-0.05, 0) is 28.7 Å². The van der Waals surface area contributed by atoms with Crippen molar-refractivity contribution in [3.05, 3.63) is 54.1 Å². The van der Waals surface area contributed by atoms with E-state index >= 15 is 0 Å². The second-order valence-corrected chi connectivity index (χ2v) is 8.08. The third-order valence-corrected chi connectivity index (χ3v) is 4.96. The van der Waals surface area contributed by atoms with Gasteiger partial charge in [0.2, 0.25) is 5.91 Å². The zero-order valence-electron chi connectivity index (χ0n) is 17.5. The quantitative estimate of drug-likeness (QED) is 0.309. The highest BCUT2D eigenvalue weighted by Gasteiger charge is 2.39. The maximum Gasteiger partial charge on any atom is 0.234 e. The first-order chi connectivity index (χ1) is 13.8. The molecule has 1 aliphatic heterocycles. The molecular weight excluding hydrogens is 364 g/mol. The molecule has 1 aliphatic rings. The number of amides is 1. The minimum Gasteiger partial charge on any atom is -0.309 e. The number of anilines is 1. The van der Waals surface area contributed by atoms with Gasteiger partial charge < -0.3 is 9.69 Å². The molecule has 2 rings (SSSR count). The largest absolute Gasteiger partial charge is 0.309 e. The first-order valence-corrected chi connectivity index (χ1v) is 9.55. The van der Waals surface area contributed by atoms with Gasteiger partial charge in [-0.3, -0.25) is 14.7 Å². The molecule has 0 aliphatic carbocycles. The molecule has 1 atom stereocenters. The first-order valence-electron chi connectivity index (χ1n) is 9.55. The predicted molar refractivity (Wildman–Crippen MR) is 116 cm³/mol. The third kappa shape index (κ3) is 5.00. The van der Waals surface area contributed by atoms with Crippen molar-refractivity contribution in [2.75, 3.05) is 25.0 Å². The smallest absolute Gasteiger partial charge is 0.234 e. The maximum atomic E-state index is 13.3. The van der Waals surface area contributed by atoms with Crippen molar-refractivity contribution in [2.45, 2.75) is 32.2 Å². The van der Waals surface area contributed by atoms with Crippen LogP contribution in [0.1, 0.15) is 26.3 Å². The zero-order valence-corrected chi connectivity index (χ0v) is 17.5. The lowest BCUT2D eigenvalue weighted by atomic mass is 9.87. The van der Waals surface area contributed by atoms with E-state index in [-0.39, 0.29) is 17.2 Å². The first kappa shape index (κ1) is 22.1. The van der Waals surface area contributed by atoms with Crippen molar-refractivity contribution in [3.8, 4) is 6.19 Å². The van der Waals surface area contributed by atoms with Crippen LogP contribution < -0.4 is 4.90 Å². The molecule has 0 radical (unpaired) electrons. The van der Waals surface area contributed by atoms with Crippen LogP contribution in [0.2, 0.25) is 0 Å². The van der Waals surface area contributed by atoms with E-state index in [0.717, 1.165) is 11.8 Å². The summed E-state index contributed by atoms with van der Waals surface area (Å²) < 4.78 is 0. The molecule has 1 unspecified atom stereocenters. The minimum atomic E-state index is -0.833. The van der Waals surface area contributed by atoms with Gasteiger partial charge in [0.25, 0.3) is 0 Å². The molecule has 0 aromatic heterocycles. The molecule has 6 nitrogen and oxygen atoms in total. The number of carbonyl (C=O) groups is 2. The average Bonchev–Trinajstić information content (AvgIpc) is 2.64. The average molecular weight is 393 g/mol. The predicted octanol–water partition coefficient (Wildman–Crippen LogP) is 3.11. The fourth-order valence-electron chi connectivity index (χ4n) is 3.25. The van der Waals surface area contributed by atoms with Crippen molar-refractivity contribution in [2.24, 2.45) is 10.9 Å². The number of rotatable bonds is 7. The molecule has 1 aromatic carbocycles. The number of hydrogen-bond acceptors (Lipinski definition) is 5. The van der Waals surface area contributed by atoms with Crippen LogP contribution in [0.5, 0.6) is 0 Å². The van der Waals surface area contributed by atoms with Gasteiger partial charge in [-0.25, -0.2) is 0 Å². The van der Waals surface area contributed by atoms with Gasteiger partial charge >= 0.3 is 0 Å². The third-order valence-electron chi connectivity index (χ3n) is 4.96. The molecule has 1 amide bonds. The van der Waals surface area contributed by atoms with Crippen LogP contribution >= 0.6 is 0 Å². The lowest BCUT2D eigenvalue weighted by molar-refractivity contribution is -0.127. The zero-order chi connectivity index (χ0) is 21.6. The molecule has 0 N–H and O–H groups in total. The van der Waals surface area contributed by atoms with Gasteiger partial charge in [-0.1, -0.05) is 51.6 Å². The number of nitriles is 1. The summed E-state index contributed by atoms with van der Waals surface area (Å²) in [6.45, 7) is 10.8. The summed E-state index contributed by atoms with van der Waals surface area (Å²) in [5.41, 5.74) is 2.31. The lowest BCUT2D eigenvalue weighted by Gasteiger charge is -2.39. The fourth-order valence-corrected chi connectivity index (χ4v) is 3.25. The minimum absolute atomic E-state index is 0.0263. The van der Waals surface area contributed by atoms with Crippen molar-refractivity contribution >= 4 is 24.1 Å². The van der Waals surface area contributed by atoms with E-state index in [0.29, 0.717) is 24.4 Å². The molecule has 1 heterocycles. The fraction of sp³-hybridized carbons (Fsp3) is 0.391. The molecular formula is C23H28N4O2. The molecule has 0 spiro atoms. The van der Waals surface area contributed by atoms with Crippen LogP contribution in [0.25, 0.3) is 0 Å². The van der Waals surface area contributed by atoms with Crippen molar-refractivity contribution in [3.63, 3.8) is 0 Å². The number of likely N-dealkylation sites (tertiary alicyclic amines) is 1. The van der Waals surface area contributed by atoms with E-state index in [4.69, 9.17) is 5.26 Å². The van der Waals surface area contributed by atoms with Gasteiger partial charge in [0.1, 0.15) is 12.3 Å². The number of carbonyl (C=O) groups excluding carboxylic acids is 2. The molecule has 29 heavy (non-hydrogen) atoms. The summed E-state index contributed by atoms with van der Waals surface area (Å²) in [6, 6.07) is 6.85. The molecule has 0 saturated carbocycles. The van der Waals surface area contributed by atoms with E-state index in [1.54, 1.807) is 25.4 Å². The maximum absolute atomic E-state index is 13.3. The number of nitrogens with zero attached hydrogens (tertiary/aromatic N) is 4. The summed E-state index contributed by atoms with van der Waals surface area (Å²) >= 11 is 0. The van der Waals surface area contributed by atoms with Gasteiger partial charge in [0, 0.05) is 32.0 Å². The Balaban J connectivity index is 2.49. The van der Waals surface area contributed by atoms with E-state index in [9.17, 15) is 9.59 Å². The standard InChI is InChI=1S/C23H28N4O2/c1-6-7-17(12-25-5)21(15-28)27(22(29)18-13-26(14-18)16-24)20-10-8-19(9-11-20)23(2,3)4/h6-12,15,18,21H,1,13-14H2,2-5H3/b17-7+,25-12?. The summed E-state index contributed by atoms with van der Waals surface area (Å²) in [5, 5.41) is 8.99. The Kier molecular flexibility index (Phi) is 7.11. The number of aliphatic imine (C=N–C) groups is 1.